The monoisotopic (exact) mass is 301 g/mol. The first-order valence-corrected chi connectivity index (χ1v) is 6.20. The van der Waals surface area contributed by atoms with Crippen molar-refractivity contribution < 1.29 is 14.3 Å². The quantitative estimate of drug-likeness (QED) is 0.672. The number of carbonyl (C=O) groups is 2. The molecule has 0 radical (unpaired) electrons. The summed E-state index contributed by atoms with van der Waals surface area (Å²) in [6.07, 6.45) is 1.76. The number of amides is 1. The normalized spacial score (nSPS) is 11.5. The number of ether oxygens (including phenoxy) is 1. The van der Waals surface area contributed by atoms with Gasteiger partial charge in [0.15, 0.2) is 0 Å². The van der Waals surface area contributed by atoms with E-state index in [4.69, 9.17) is 23.2 Å². The van der Waals surface area contributed by atoms with Crippen LogP contribution in [0.3, 0.4) is 0 Å². The van der Waals surface area contributed by atoms with Gasteiger partial charge in [-0.1, -0.05) is 35.3 Å². The fourth-order valence-corrected chi connectivity index (χ4v) is 2.04. The van der Waals surface area contributed by atoms with Crippen molar-refractivity contribution in [3.05, 3.63) is 46.5 Å². The van der Waals surface area contributed by atoms with Crippen molar-refractivity contribution in [2.75, 3.05) is 7.11 Å². The van der Waals surface area contributed by atoms with Gasteiger partial charge >= 0.3 is 5.97 Å². The first-order valence-electron chi connectivity index (χ1n) is 5.44. The van der Waals surface area contributed by atoms with Crippen LogP contribution in [-0.2, 0) is 9.53 Å². The third kappa shape index (κ3) is 3.98. The number of nitrogens with one attached hydrogen (secondary N) is 1. The average Bonchev–Trinajstić information content (AvgIpc) is 2.37. The Kier molecular flexibility index (Phi) is 5.86. The van der Waals surface area contributed by atoms with E-state index in [9.17, 15) is 9.59 Å². The maximum atomic E-state index is 12.1. The molecule has 1 rings (SSSR count). The Morgan fingerprint density at radius 1 is 1.42 bits per heavy atom. The molecule has 1 atom stereocenters. The summed E-state index contributed by atoms with van der Waals surface area (Å²) in [4.78, 5) is 23.6. The molecule has 0 aliphatic rings. The largest absolute Gasteiger partial charge is 0.467 e. The number of methoxy groups -OCH3 is 1. The zero-order chi connectivity index (χ0) is 14.4. The molecule has 0 fully saturated rings. The van der Waals surface area contributed by atoms with Gasteiger partial charge in [-0.25, -0.2) is 4.79 Å². The van der Waals surface area contributed by atoms with Gasteiger partial charge in [-0.05, 0) is 18.6 Å². The van der Waals surface area contributed by atoms with Gasteiger partial charge in [0.1, 0.15) is 6.04 Å². The van der Waals surface area contributed by atoms with E-state index in [2.05, 4.69) is 16.6 Å². The summed E-state index contributed by atoms with van der Waals surface area (Å²) in [7, 11) is 1.24. The Hall–Kier alpha value is -1.52. The fourth-order valence-electron chi connectivity index (χ4n) is 1.47. The van der Waals surface area contributed by atoms with E-state index in [1.54, 1.807) is 18.2 Å². The van der Waals surface area contributed by atoms with Crippen LogP contribution in [0.2, 0.25) is 10.0 Å². The number of esters is 1. The van der Waals surface area contributed by atoms with Crippen LogP contribution < -0.4 is 5.32 Å². The Labute approximate surface area is 121 Å². The SMILES string of the molecule is C=CC[C@H](NC(=O)c1c(Cl)cccc1Cl)C(=O)OC. The van der Waals surface area contributed by atoms with Crippen molar-refractivity contribution in [3.8, 4) is 0 Å². The molecule has 102 valence electrons. The van der Waals surface area contributed by atoms with Crippen LogP contribution in [-0.4, -0.2) is 25.0 Å². The molecule has 1 N–H and O–H groups in total. The molecule has 6 heteroatoms. The molecule has 0 saturated carbocycles. The van der Waals surface area contributed by atoms with E-state index in [0.717, 1.165) is 0 Å². The van der Waals surface area contributed by atoms with E-state index in [1.807, 2.05) is 0 Å². The molecular weight excluding hydrogens is 289 g/mol. The van der Waals surface area contributed by atoms with Crippen molar-refractivity contribution in [2.45, 2.75) is 12.5 Å². The zero-order valence-corrected chi connectivity index (χ0v) is 11.8. The van der Waals surface area contributed by atoms with Crippen LogP contribution in [0.25, 0.3) is 0 Å². The molecule has 1 amide bonds. The van der Waals surface area contributed by atoms with Crippen molar-refractivity contribution in [1.29, 1.82) is 0 Å². The van der Waals surface area contributed by atoms with Gasteiger partial charge in [-0.15, -0.1) is 6.58 Å². The minimum Gasteiger partial charge on any atom is -0.467 e. The molecule has 0 unspecified atom stereocenters. The second-order valence-electron chi connectivity index (χ2n) is 3.67. The van der Waals surface area contributed by atoms with Crippen molar-refractivity contribution in [1.82, 2.24) is 5.32 Å². The van der Waals surface area contributed by atoms with Gasteiger partial charge in [0.25, 0.3) is 5.91 Å². The molecule has 0 bridgehead atoms. The van der Waals surface area contributed by atoms with E-state index in [1.165, 1.54) is 13.2 Å². The standard InChI is InChI=1S/C13H13Cl2NO3/c1-3-5-10(13(18)19-2)16-12(17)11-8(14)6-4-7-9(11)15/h3-4,6-7,10H,1,5H2,2H3,(H,16,17)/t10-/m0/s1. The number of halogens is 2. The molecular formula is C13H13Cl2NO3. The maximum absolute atomic E-state index is 12.1. The molecule has 0 heterocycles. The van der Waals surface area contributed by atoms with Gasteiger partial charge in [0.05, 0.1) is 22.7 Å². The smallest absolute Gasteiger partial charge is 0.328 e. The Bertz CT molecular complexity index is 482. The summed E-state index contributed by atoms with van der Waals surface area (Å²) in [5.41, 5.74) is 0.129. The third-order valence-corrected chi connectivity index (χ3v) is 3.01. The van der Waals surface area contributed by atoms with Crippen LogP contribution in [0.15, 0.2) is 30.9 Å². The Morgan fingerprint density at radius 3 is 2.47 bits per heavy atom. The highest BCUT2D eigenvalue weighted by Gasteiger charge is 2.23. The molecule has 1 aromatic carbocycles. The molecule has 1 aromatic rings. The maximum Gasteiger partial charge on any atom is 0.328 e. The first-order chi connectivity index (χ1) is 9.01. The zero-order valence-electron chi connectivity index (χ0n) is 10.3. The van der Waals surface area contributed by atoms with E-state index in [-0.39, 0.29) is 22.0 Å². The minimum atomic E-state index is -0.817. The minimum absolute atomic E-state index is 0.129. The second kappa shape index (κ2) is 7.16. The number of benzene rings is 1. The van der Waals surface area contributed by atoms with E-state index in [0.29, 0.717) is 0 Å². The van der Waals surface area contributed by atoms with Gasteiger partial charge in [-0.3, -0.25) is 4.79 Å². The summed E-state index contributed by atoms with van der Waals surface area (Å²) in [6.45, 7) is 3.52. The predicted octanol–water partition coefficient (Wildman–Crippen LogP) is 2.84. The first kappa shape index (κ1) is 15.5. The highest BCUT2D eigenvalue weighted by Crippen LogP contribution is 2.24. The van der Waals surface area contributed by atoms with Crippen LogP contribution in [0.5, 0.6) is 0 Å². The van der Waals surface area contributed by atoms with E-state index < -0.39 is 17.9 Å². The number of hydrogen-bond acceptors (Lipinski definition) is 3. The summed E-state index contributed by atoms with van der Waals surface area (Å²) in [5, 5.41) is 2.94. The fraction of sp³-hybridized carbons (Fsp3) is 0.231. The van der Waals surface area contributed by atoms with Gasteiger partial charge < -0.3 is 10.1 Å². The Balaban J connectivity index is 2.94. The highest BCUT2D eigenvalue weighted by atomic mass is 35.5. The number of rotatable bonds is 5. The molecule has 4 nitrogen and oxygen atoms in total. The summed E-state index contributed by atoms with van der Waals surface area (Å²) < 4.78 is 4.59. The lowest BCUT2D eigenvalue weighted by Gasteiger charge is -2.15. The van der Waals surface area contributed by atoms with E-state index >= 15 is 0 Å². The van der Waals surface area contributed by atoms with Crippen LogP contribution in [0.1, 0.15) is 16.8 Å². The van der Waals surface area contributed by atoms with Crippen LogP contribution in [0.4, 0.5) is 0 Å². The highest BCUT2D eigenvalue weighted by molar-refractivity contribution is 6.39. The number of hydrogen-bond donors (Lipinski definition) is 1. The van der Waals surface area contributed by atoms with Gasteiger partial charge in [0, 0.05) is 0 Å². The average molecular weight is 302 g/mol. The van der Waals surface area contributed by atoms with Gasteiger partial charge in [-0.2, -0.15) is 0 Å². The van der Waals surface area contributed by atoms with Crippen molar-refractivity contribution in [3.63, 3.8) is 0 Å². The van der Waals surface area contributed by atoms with Crippen LogP contribution in [0, 0.1) is 0 Å². The lowest BCUT2D eigenvalue weighted by Crippen LogP contribution is -2.41. The predicted molar refractivity (Wildman–Crippen MR) is 74.5 cm³/mol. The van der Waals surface area contributed by atoms with Crippen molar-refractivity contribution >= 4 is 35.1 Å². The summed E-state index contributed by atoms with van der Waals surface area (Å²) in [6, 6.07) is 3.90. The Morgan fingerprint density at radius 2 is 2.00 bits per heavy atom. The molecule has 0 aromatic heterocycles. The molecule has 0 aliphatic heterocycles. The third-order valence-electron chi connectivity index (χ3n) is 2.38. The topological polar surface area (TPSA) is 55.4 Å². The van der Waals surface area contributed by atoms with Crippen molar-refractivity contribution in [2.24, 2.45) is 0 Å². The number of carbonyl (C=O) groups excluding carboxylic acids is 2. The summed E-state index contributed by atoms with van der Waals surface area (Å²) >= 11 is 11.8. The van der Waals surface area contributed by atoms with Crippen LogP contribution >= 0.6 is 23.2 Å². The molecule has 19 heavy (non-hydrogen) atoms. The lowest BCUT2D eigenvalue weighted by molar-refractivity contribution is -0.142. The summed E-state index contributed by atoms with van der Waals surface area (Å²) in [5.74, 6) is -1.09. The lowest BCUT2D eigenvalue weighted by atomic mass is 10.1. The molecule has 0 aliphatic carbocycles. The molecule has 0 saturated heterocycles. The van der Waals surface area contributed by atoms with Gasteiger partial charge in [0.2, 0.25) is 0 Å². The molecule has 0 spiro atoms. The second-order valence-corrected chi connectivity index (χ2v) is 4.48.